The molecule has 1 amide bonds. The molecule has 3 N–H and O–H groups in total. The minimum Gasteiger partial charge on any atom is -0.493 e. The van der Waals surface area contributed by atoms with Crippen LogP contribution in [-0.4, -0.2) is 31.7 Å². The van der Waals surface area contributed by atoms with E-state index >= 15 is 0 Å². The van der Waals surface area contributed by atoms with E-state index in [4.69, 9.17) is 26.8 Å². The molecule has 1 atom stereocenters. The highest BCUT2D eigenvalue weighted by molar-refractivity contribution is 6.30. The summed E-state index contributed by atoms with van der Waals surface area (Å²) < 4.78 is 10.9. The first-order chi connectivity index (χ1) is 9.83. The van der Waals surface area contributed by atoms with E-state index in [0.717, 1.165) is 5.56 Å². The van der Waals surface area contributed by atoms with Gasteiger partial charge in [-0.05, 0) is 33.3 Å². The molecule has 0 saturated heterocycles. The Balaban J connectivity index is 2.94. The molecule has 5 nitrogen and oxygen atoms in total. The van der Waals surface area contributed by atoms with Crippen LogP contribution in [0.2, 0.25) is 5.02 Å². The molecule has 0 aliphatic rings. The maximum atomic E-state index is 11.7. The van der Waals surface area contributed by atoms with Crippen molar-refractivity contribution in [1.82, 2.24) is 5.32 Å². The number of rotatable bonds is 7. The number of nitrogens with two attached hydrogens (primary N) is 1. The summed E-state index contributed by atoms with van der Waals surface area (Å²) in [6.07, 6.45) is 0.581. The Morgan fingerprint density at radius 1 is 1.38 bits per heavy atom. The number of carbonyl (C=O) groups is 1. The van der Waals surface area contributed by atoms with Crippen molar-refractivity contribution in [2.45, 2.75) is 39.3 Å². The maximum absolute atomic E-state index is 11.7. The Kier molecular flexibility index (Phi) is 6.78. The standard InChI is InChI=1S/C15H23ClN2O3/c1-9(2)18-14(19)8-21-15-11(5-10(3)17)6-12(16)7-13(15)20-4/h6-7,9-10H,5,8,17H2,1-4H3,(H,18,19). The minimum absolute atomic E-state index is 0.0555. The van der Waals surface area contributed by atoms with Crippen LogP contribution >= 0.6 is 11.6 Å². The van der Waals surface area contributed by atoms with Crippen molar-refractivity contribution in [2.75, 3.05) is 13.7 Å². The van der Waals surface area contributed by atoms with E-state index in [1.807, 2.05) is 20.8 Å². The van der Waals surface area contributed by atoms with Crippen LogP contribution in [0.25, 0.3) is 0 Å². The Hall–Kier alpha value is -1.46. The molecule has 6 heteroatoms. The topological polar surface area (TPSA) is 73.6 Å². The third kappa shape index (κ3) is 5.81. The van der Waals surface area contributed by atoms with E-state index in [0.29, 0.717) is 22.9 Å². The summed E-state index contributed by atoms with van der Waals surface area (Å²) in [4.78, 5) is 11.7. The molecule has 1 aromatic rings. The number of carbonyl (C=O) groups excluding carboxylic acids is 1. The van der Waals surface area contributed by atoms with Crippen molar-refractivity contribution in [2.24, 2.45) is 5.73 Å². The zero-order valence-electron chi connectivity index (χ0n) is 12.9. The highest BCUT2D eigenvalue weighted by atomic mass is 35.5. The molecule has 0 heterocycles. The molecule has 0 radical (unpaired) electrons. The first kappa shape index (κ1) is 17.6. The van der Waals surface area contributed by atoms with Crippen molar-refractivity contribution in [3.63, 3.8) is 0 Å². The summed E-state index contributed by atoms with van der Waals surface area (Å²) in [5.41, 5.74) is 6.66. The van der Waals surface area contributed by atoms with Gasteiger partial charge in [0.15, 0.2) is 18.1 Å². The van der Waals surface area contributed by atoms with Gasteiger partial charge in [0.1, 0.15) is 0 Å². The Bertz CT molecular complexity index is 490. The monoisotopic (exact) mass is 314 g/mol. The fourth-order valence-electron chi connectivity index (χ4n) is 1.94. The van der Waals surface area contributed by atoms with Crippen LogP contribution in [0.3, 0.4) is 0 Å². The van der Waals surface area contributed by atoms with Gasteiger partial charge in [0.25, 0.3) is 5.91 Å². The van der Waals surface area contributed by atoms with Gasteiger partial charge in [-0.25, -0.2) is 0 Å². The Labute approximate surface area is 130 Å². The van der Waals surface area contributed by atoms with Crippen molar-refractivity contribution in [1.29, 1.82) is 0 Å². The molecule has 118 valence electrons. The zero-order chi connectivity index (χ0) is 16.0. The van der Waals surface area contributed by atoms with Crippen LogP contribution in [0, 0.1) is 0 Å². The molecule has 1 rings (SSSR count). The van der Waals surface area contributed by atoms with Gasteiger partial charge >= 0.3 is 0 Å². The lowest BCUT2D eigenvalue weighted by atomic mass is 10.1. The zero-order valence-corrected chi connectivity index (χ0v) is 13.7. The lowest BCUT2D eigenvalue weighted by Crippen LogP contribution is -2.34. The average Bonchev–Trinajstić information content (AvgIpc) is 2.35. The summed E-state index contributed by atoms with van der Waals surface area (Å²) in [6, 6.07) is 3.45. The molecule has 0 aromatic heterocycles. The molecule has 0 aliphatic carbocycles. The van der Waals surface area contributed by atoms with Crippen molar-refractivity contribution < 1.29 is 14.3 Å². The van der Waals surface area contributed by atoms with Gasteiger partial charge in [-0.1, -0.05) is 11.6 Å². The fourth-order valence-corrected chi connectivity index (χ4v) is 2.17. The number of nitrogens with one attached hydrogen (secondary N) is 1. The highest BCUT2D eigenvalue weighted by Gasteiger charge is 2.16. The van der Waals surface area contributed by atoms with Crippen molar-refractivity contribution >= 4 is 17.5 Å². The predicted molar refractivity (Wildman–Crippen MR) is 84.1 cm³/mol. The molecule has 1 aromatic carbocycles. The average molecular weight is 315 g/mol. The molecule has 0 saturated carbocycles. The second kappa shape index (κ2) is 8.10. The predicted octanol–water partition coefficient (Wildman–Crippen LogP) is 2.14. The second-order valence-corrected chi connectivity index (χ2v) is 5.73. The van der Waals surface area contributed by atoms with E-state index in [9.17, 15) is 4.79 Å². The fraction of sp³-hybridized carbons (Fsp3) is 0.533. The second-order valence-electron chi connectivity index (χ2n) is 5.29. The van der Waals surface area contributed by atoms with E-state index in [1.54, 1.807) is 12.1 Å². The maximum Gasteiger partial charge on any atom is 0.258 e. The Morgan fingerprint density at radius 2 is 2.05 bits per heavy atom. The Morgan fingerprint density at radius 3 is 2.57 bits per heavy atom. The van der Waals surface area contributed by atoms with Gasteiger partial charge in [-0.2, -0.15) is 0 Å². The van der Waals surface area contributed by atoms with Crippen molar-refractivity contribution in [3.8, 4) is 11.5 Å². The first-order valence-electron chi connectivity index (χ1n) is 6.87. The molecule has 0 aliphatic heterocycles. The van der Waals surface area contributed by atoms with Gasteiger partial charge in [-0.15, -0.1) is 0 Å². The summed E-state index contributed by atoms with van der Waals surface area (Å²) in [5, 5.41) is 3.31. The normalized spacial score (nSPS) is 12.1. The molecular weight excluding hydrogens is 292 g/mol. The number of ether oxygens (including phenoxy) is 2. The van der Waals surface area contributed by atoms with Crippen LogP contribution in [-0.2, 0) is 11.2 Å². The smallest absolute Gasteiger partial charge is 0.258 e. The number of hydrogen-bond donors (Lipinski definition) is 2. The van der Waals surface area contributed by atoms with Gasteiger partial charge in [0, 0.05) is 28.7 Å². The van der Waals surface area contributed by atoms with E-state index in [1.165, 1.54) is 7.11 Å². The molecule has 1 unspecified atom stereocenters. The minimum atomic E-state index is -0.186. The van der Waals surface area contributed by atoms with E-state index < -0.39 is 0 Å². The SMILES string of the molecule is COc1cc(Cl)cc(CC(C)N)c1OCC(=O)NC(C)C. The molecule has 21 heavy (non-hydrogen) atoms. The number of methoxy groups -OCH3 is 1. The first-order valence-corrected chi connectivity index (χ1v) is 7.25. The third-order valence-electron chi connectivity index (χ3n) is 2.66. The summed E-state index contributed by atoms with van der Waals surface area (Å²) in [7, 11) is 1.53. The van der Waals surface area contributed by atoms with Crippen LogP contribution in [0.1, 0.15) is 26.3 Å². The third-order valence-corrected chi connectivity index (χ3v) is 2.87. The lowest BCUT2D eigenvalue weighted by molar-refractivity contribution is -0.123. The van der Waals surface area contributed by atoms with E-state index in [2.05, 4.69) is 5.32 Å². The van der Waals surface area contributed by atoms with Gasteiger partial charge < -0.3 is 20.5 Å². The number of halogens is 1. The highest BCUT2D eigenvalue weighted by Crippen LogP contribution is 2.35. The number of amides is 1. The van der Waals surface area contributed by atoms with Gasteiger partial charge in [0.05, 0.1) is 7.11 Å². The molecule has 0 spiro atoms. The quantitative estimate of drug-likeness (QED) is 0.808. The van der Waals surface area contributed by atoms with Crippen LogP contribution in [0.5, 0.6) is 11.5 Å². The van der Waals surface area contributed by atoms with Gasteiger partial charge in [0.2, 0.25) is 0 Å². The van der Waals surface area contributed by atoms with Crippen LogP contribution in [0.4, 0.5) is 0 Å². The molecule has 0 fully saturated rings. The number of benzene rings is 1. The summed E-state index contributed by atoms with van der Waals surface area (Å²) in [5.74, 6) is 0.822. The lowest BCUT2D eigenvalue weighted by Gasteiger charge is -2.17. The largest absolute Gasteiger partial charge is 0.493 e. The molecule has 0 bridgehead atoms. The summed E-state index contributed by atoms with van der Waals surface area (Å²) >= 11 is 6.06. The van der Waals surface area contributed by atoms with E-state index in [-0.39, 0.29) is 24.6 Å². The van der Waals surface area contributed by atoms with Gasteiger partial charge in [-0.3, -0.25) is 4.79 Å². The van der Waals surface area contributed by atoms with Crippen molar-refractivity contribution in [3.05, 3.63) is 22.7 Å². The molecular formula is C15H23ClN2O3. The van der Waals surface area contributed by atoms with Crippen LogP contribution < -0.4 is 20.5 Å². The number of hydrogen-bond acceptors (Lipinski definition) is 4. The summed E-state index contributed by atoms with van der Waals surface area (Å²) in [6.45, 7) is 5.59. The van der Waals surface area contributed by atoms with Crippen LogP contribution in [0.15, 0.2) is 12.1 Å².